The molecule has 0 fully saturated rings. The van der Waals surface area contributed by atoms with Crippen LogP contribution in [0, 0.1) is 5.92 Å². The number of aliphatic carboxylic acids is 2. The summed E-state index contributed by atoms with van der Waals surface area (Å²) in [7, 11) is -15.7. The van der Waals surface area contributed by atoms with Gasteiger partial charge in [-0.25, -0.2) is 22.8 Å². The number of carbonyl (C=O) groups excluding carboxylic acids is 6. The van der Waals surface area contributed by atoms with Gasteiger partial charge >= 0.3 is 45.3 Å². The molecule has 0 saturated carbocycles. The number of unbranched alkanes of at least 4 members (excludes halogenated alkanes) is 2. The molecule has 2 aliphatic carbocycles. The summed E-state index contributed by atoms with van der Waals surface area (Å²) in [5.74, 6) is -4.57. The van der Waals surface area contributed by atoms with Crippen molar-refractivity contribution in [1.29, 1.82) is 0 Å². The van der Waals surface area contributed by atoms with E-state index in [4.69, 9.17) is 39.6 Å². The summed E-state index contributed by atoms with van der Waals surface area (Å²) < 4.78 is 163. The number of benzene rings is 4. The number of hydrogen-bond acceptors (Lipinski definition) is 24. The molecule has 1 aliphatic heterocycles. The first-order chi connectivity index (χ1) is 53.4. The molecule has 114 heavy (non-hydrogen) atoms. The van der Waals surface area contributed by atoms with Gasteiger partial charge < -0.3 is 45.3 Å². The van der Waals surface area contributed by atoms with Crippen LogP contribution in [0.1, 0.15) is 158 Å². The van der Waals surface area contributed by atoms with Gasteiger partial charge in [0, 0.05) is 105 Å². The van der Waals surface area contributed by atoms with E-state index in [1.165, 1.54) is 12.1 Å². The summed E-state index contributed by atoms with van der Waals surface area (Å²) in [4.78, 5) is 97.2. The zero-order valence-electron chi connectivity index (χ0n) is 64.5. The molecule has 0 spiro atoms. The first-order valence-corrected chi connectivity index (χ1v) is 43.2. The molecule has 4 aromatic rings. The summed E-state index contributed by atoms with van der Waals surface area (Å²) in [6, 6.07) is 25.3. The average molecular weight is 1690 g/mol. The highest BCUT2D eigenvalue weighted by Gasteiger charge is 2.45. The predicted octanol–water partition coefficient (Wildman–Crippen LogP) is 7.19. The third kappa shape index (κ3) is 33.2. The maximum atomic E-state index is 14.3. The summed E-state index contributed by atoms with van der Waals surface area (Å²) in [6.07, 6.45) is 12.6. The fourth-order valence-corrected chi connectivity index (χ4v) is 15.4. The molecule has 7 rings (SSSR count). The minimum absolute atomic E-state index is 0.00941. The average Bonchev–Trinajstić information content (AvgIpc) is 1.60. The Morgan fingerprint density at radius 3 is 1.86 bits per heavy atom. The molecular weight excluding hydrogens is 1590 g/mol. The number of carboxylic acid groups (broad SMARTS) is 2. The van der Waals surface area contributed by atoms with Gasteiger partial charge in [-0.2, -0.15) is 31.0 Å². The minimum atomic E-state index is -4.58. The van der Waals surface area contributed by atoms with Gasteiger partial charge in [-0.1, -0.05) is 105 Å². The van der Waals surface area contributed by atoms with Crippen molar-refractivity contribution < 1.29 is 122 Å². The maximum absolute atomic E-state index is 14.3. The number of rotatable bonds is 41. The van der Waals surface area contributed by atoms with Crippen molar-refractivity contribution in [3.05, 3.63) is 172 Å². The topological polar surface area (TPSA) is 500 Å². The Hall–Kier alpha value is -9.40. The Labute approximate surface area is 667 Å². The van der Waals surface area contributed by atoms with Crippen molar-refractivity contribution in [2.75, 3.05) is 64.9 Å². The van der Waals surface area contributed by atoms with Crippen LogP contribution >= 0.6 is 0 Å². The van der Waals surface area contributed by atoms with E-state index in [0.29, 0.717) is 107 Å². The molecule has 624 valence electrons. The standard InChI is InChI=1S/C76H100N6O18S3.CO2.2O3S/c1-8-77-74(90)79-66(72(86)87)38-32-57(83)24-19-41-80(6)44-45-81(7)43-40-58(84)50-56(48-52-20-10-9-11-21-52)71(85)78-67(73(88)89)49-53-28-33-59(34-29-53)100-70-54(30-37-63-61(25-14-16-46-101(91,92)93)62-36-35-60(103(97,98)99)51-65(62)75(63,2)3)22-18-23-55(70)31-39-69-76(4,5)64-26-12-13-27-68(64)82(69)42-15-17-47-102(94,95)96;2-1-3;2*1-4(2)3/h9-13,20-21,26-31,33-37,39,51,56,61,66-67H,8,14-19,22-25,32,38,40-50H2,1-7H3,(H7-,77,78,79,85,86,87,88,89,90,91,92,93,94,95,96,97,98,99);;;/b39-31+,54-30+,63-37-;;;/t56-,61?,66+,67+;;;/m1.../s1. The van der Waals surface area contributed by atoms with Gasteiger partial charge in [0.15, 0.2) is 5.71 Å². The van der Waals surface area contributed by atoms with Gasteiger partial charge in [-0.3, -0.25) is 23.5 Å². The van der Waals surface area contributed by atoms with Crippen LogP contribution in [0.3, 0.4) is 0 Å². The zero-order chi connectivity index (χ0) is 85.3. The number of nitrogens with one attached hydrogen (secondary N) is 3. The van der Waals surface area contributed by atoms with Crippen molar-refractivity contribution in [2.24, 2.45) is 5.92 Å². The molecule has 1 unspecified atom stereocenters. The number of hydrogen-bond donors (Lipinski definition) is 7. The van der Waals surface area contributed by atoms with E-state index in [-0.39, 0.29) is 86.3 Å². The Morgan fingerprint density at radius 1 is 0.667 bits per heavy atom. The van der Waals surface area contributed by atoms with Crippen LogP contribution in [0.2, 0.25) is 0 Å². The normalized spacial score (nSPS) is 16.3. The number of ether oxygens (including phenoxy) is 1. The van der Waals surface area contributed by atoms with Crippen molar-refractivity contribution in [1.82, 2.24) is 25.8 Å². The lowest BCUT2D eigenvalue weighted by Crippen LogP contribution is -2.46. The lowest BCUT2D eigenvalue weighted by atomic mass is 9.79. The molecule has 37 heteroatoms. The number of carbonyl (C=O) groups is 6. The van der Waals surface area contributed by atoms with E-state index in [1.807, 2.05) is 106 Å². The van der Waals surface area contributed by atoms with Crippen LogP contribution < -0.4 is 20.7 Å². The number of nitrogens with zero attached hydrogens (tertiary/aromatic N) is 3. The van der Waals surface area contributed by atoms with Crippen LogP contribution in [-0.2, 0) is 109 Å². The molecule has 0 radical (unpaired) electrons. The van der Waals surface area contributed by atoms with Crippen LogP contribution in [-0.4, -0.2) is 213 Å². The molecule has 7 N–H and O–H groups in total. The smallest absolute Gasteiger partial charge is 0.425 e. The number of urea groups is 1. The molecule has 3 aliphatic rings. The number of para-hydroxylation sites is 1. The number of allylic oxidation sites excluding steroid dienone is 7. The van der Waals surface area contributed by atoms with E-state index in [2.05, 4.69) is 45.3 Å². The quantitative estimate of drug-likeness (QED) is 0.0131. The van der Waals surface area contributed by atoms with Crippen LogP contribution in [0.5, 0.6) is 5.75 Å². The Bertz CT molecular complexity index is 4810. The molecule has 0 aromatic heterocycles. The maximum Gasteiger partial charge on any atom is 0.425 e. The summed E-state index contributed by atoms with van der Waals surface area (Å²) in [5.41, 5.74) is 6.99. The van der Waals surface area contributed by atoms with Crippen molar-refractivity contribution in [3.63, 3.8) is 0 Å². The first-order valence-electron chi connectivity index (χ1n) is 36.5. The number of ketones is 2. The lowest BCUT2D eigenvalue weighted by Gasteiger charge is -2.25. The molecule has 32 nitrogen and oxygen atoms in total. The third-order valence-corrected chi connectivity index (χ3v) is 21.9. The van der Waals surface area contributed by atoms with Gasteiger partial charge in [-0.15, -0.1) is 25.3 Å². The highest BCUT2D eigenvalue weighted by atomic mass is 32.2. The van der Waals surface area contributed by atoms with E-state index >= 15 is 0 Å². The minimum Gasteiger partial charge on any atom is -0.748 e. The SMILES string of the molecule is CCNC(=O)N[C@@H](CCC(=O)CCCN(C)CCN(C)CCC(=O)C[C@@H](Cc1ccccc1)C(=O)N[C@@H](Cc1ccc(OC2=C(/C=C/C3=[N+](CCCCS(=O)(=O)[O-])c4ccccc4C3(C)C)CCC/C2=C\C=C2\C(CCCCS(=O)(=O)O)c3ccc(S(=O)(=O)O)cc3C2(C)C)cc1)C(=O)O)C(=O)O.O=C=O.O=S(=O)=O.O=S(=O)=O. The Morgan fingerprint density at radius 2 is 1.26 bits per heavy atom. The summed E-state index contributed by atoms with van der Waals surface area (Å²) >= 11 is 0. The second-order valence-electron chi connectivity index (χ2n) is 28.6. The lowest BCUT2D eigenvalue weighted by molar-refractivity contribution is -0.438. The number of Topliss-reactive ketones (excluding diaryl/α,β-unsaturated/α-hetero) is 2. The molecule has 0 bridgehead atoms. The highest BCUT2D eigenvalue weighted by molar-refractivity contribution is 7.86. The van der Waals surface area contributed by atoms with Gasteiger partial charge in [0.2, 0.25) is 11.6 Å². The summed E-state index contributed by atoms with van der Waals surface area (Å²) in [5, 5.41) is 27.7. The third-order valence-electron chi connectivity index (χ3n) is 19.5. The molecule has 4 atom stereocenters. The van der Waals surface area contributed by atoms with Crippen molar-refractivity contribution in [2.45, 2.75) is 171 Å². The van der Waals surface area contributed by atoms with E-state index < -0.39 is 116 Å². The molecule has 3 amide bonds. The largest absolute Gasteiger partial charge is 0.748 e. The van der Waals surface area contributed by atoms with Crippen LogP contribution in [0.25, 0.3) is 0 Å². The fraction of sp³-hybridized carbons (Fsp3) is 0.481. The van der Waals surface area contributed by atoms with Crippen LogP contribution in [0.4, 0.5) is 10.5 Å². The van der Waals surface area contributed by atoms with E-state index in [9.17, 15) is 77.9 Å². The van der Waals surface area contributed by atoms with Gasteiger partial charge in [-0.05, 0) is 163 Å². The molecular formula is C77H100N6O26S5. The number of carboxylic acids is 2. The molecule has 0 saturated heterocycles. The fourth-order valence-electron chi connectivity index (χ4n) is 13.8. The van der Waals surface area contributed by atoms with Crippen molar-refractivity contribution in [3.8, 4) is 5.75 Å². The monoisotopic (exact) mass is 1680 g/mol. The second kappa shape index (κ2) is 46.2. The van der Waals surface area contributed by atoms with Gasteiger partial charge in [0.05, 0.1) is 26.2 Å². The van der Waals surface area contributed by atoms with Gasteiger partial charge in [0.1, 0.15) is 41.7 Å². The molecule has 1 heterocycles. The zero-order valence-corrected chi connectivity index (χ0v) is 68.6. The Balaban J connectivity index is 0.00000234. The number of likely N-dealkylation sites (N-methyl/N-ethyl adjacent to an activating group) is 2. The van der Waals surface area contributed by atoms with E-state index in [0.717, 1.165) is 44.8 Å². The van der Waals surface area contributed by atoms with Crippen LogP contribution in [0.15, 0.2) is 149 Å². The predicted molar refractivity (Wildman–Crippen MR) is 416 cm³/mol. The van der Waals surface area contributed by atoms with E-state index in [1.54, 1.807) is 37.3 Å². The number of amides is 3. The highest BCUT2D eigenvalue weighted by Crippen LogP contribution is 2.53. The summed E-state index contributed by atoms with van der Waals surface area (Å²) in [6.45, 7) is 12.8. The Kier molecular flexibility index (Phi) is 39.3. The first kappa shape index (κ1) is 97.0. The number of fused-ring (bicyclic) bond motifs is 2. The second-order valence-corrected chi connectivity index (χ2v) is 33.9. The van der Waals surface area contributed by atoms with Gasteiger partial charge in [0.25, 0.3) is 20.2 Å². The molecule has 4 aromatic carbocycles. The van der Waals surface area contributed by atoms with Crippen molar-refractivity contribution >= 4 is 105 Å².